The summed E-state index contributed by atoms with van der Waals surface area (Å²) >= 11 is 0. The molecule has 1 unspecified atom stereocenters. The zero-order valence-corrected chi connectivity index (χ0v) is 20.0. The Kier molecular flexibility index (Phi) is 7.77. The van der Waals surface area contributed by atoms with E-state index >= 15 is 0 Å². The van der Waals surface area contributed by atoms with Crippen molar-refractivity contribution in [2.45, 2.75) is 31.8 Å². The number of aromatic nitrogens is 1. The van der Waals surface area contributed by atoms with Crippen molar-refractivity contribution in [3.05, 3.63) is 76.8 Å². The maximum atomic E-state index is 13.1. The molecule has 1 aromatic heterocycles. The molecule has 9 heteroatoms. The minimum atomic E-state index is -0.340. The number of hydrogen-bond acceptors (Lipinski definition) is 7. The van der Waals surface area contributed by atoms with Crippen molar-refractivity contribution in [1.82, 2.24) is 20.1 Å². The number of ether oxygens (including phenoxy) is 1. The molecule has 35 heavy (non-hydrogen) atoms. The van der Waals surface area contributed by atoms with Gasteiger partial charge in [-0.05, 0) is 43.1 Å². The Labute approximate surface area is 205 Å². The van der Waals surface area contributed by atoms with Crippen LogP contribution < -0.4 is 11.1 Å². The zero-order valence-electron chi connectivity index (χ0n) is 20.0. The number of carbonyl (C=O) groups is 2. The number of urea groups is 1. The summed E-state index contributed by atoms with van der Waals surface area (Å²) in [5, 5.41) is 11.7. The topological polar surface area (TPSA) is 125 Å². The number of piperidine rings is 1. The number of nitrogens with zero attached hydrogens (tertiary/aromatic N) is 3. The Morgan fingerprint density at radius 2 is 1.97 bits per heavy atom. The third-order valence-electron chi connectivity index (χ3n) is 6.60. The third-order valence-corrected chi connectivity index (χ3v) is 6.60. The molecule has 2 aromatic rings. The molecule has 4 rings (SSSR count). The van der Waals surface area contributed by atoms with Gasteiger partial charge >= 0.3 is 12.0 Å². The molecule has 3 heterocycles. The molecule has 1 saturated heterocycles. The number of amides is 2. The molecule has 2 aliphatic rings. The van der Waals surface area contributed by atoms with Crippen LogP contribution >= 0.6 is 0 Å². The number of esters is 1. The summed E-state index contributed by atoms with van der Waals surface area (Å²) < 4.78 is 4.92. The van der Waals surface area contributed by atoms with Gasteiger partial charge in [-0.2, -0.15) is 0 Å². The molecule has 184 valence electrons. The summed E-state index contributed by atoms with van der Waals surface area (Å²) in [6, 6.07) is 10.9. The molecule has 0 aliphatic carbocycles. The van der Waals surface area contributed by atoms with Crippen LogP contribution in [0.3, 0.4) is 0 Å². The Bertz CT molecular complexity index is 1120. The molecule has 1 aromatic carbocycles. The second-order valence-corrected chi connectivity index (χ2v) is 8.96. The van der Waals surface area contributed by atoms with Crippen LogP contribution in [-0.4, -0.2) is 71.8 Å². The average Bonchev–Trinajstić information content (AvgIpc) is 2.89. The van der Waals surface area contributed by atoms with Gasteiger partial charge in [0.2, 0.25) is 0 Å². The van der Waals surface area contributed by atoms with E-state index in [0.29, 0.717) is 55.1 Å². The molecule has 2 aliphatic heterocycles. The minimum absolute atomic E-state index is 0.00731. The molecular weight excluding hydrogens is 444 g/mol. The van der Waals surface area contributed by atoms with Gasteiger partial charge in [-0.3, -0.25) is 15.3 Å². The zero-order chi connectivity index (χ0) is 24.8. The Morgan fingerprint density at radius 3 is 2.74 bits per heavy atom. The summed E-state index contributed by atoms with van der Waals surface area (Å²) in [5.41, 5.74) is 10.1. The van der Waals surface area contributed by atoms with E-state index in [4.69, 9.17) is 15.9 Å². The highest BCUT2D eigenvalue weighted by Crippen LogP contribution is 2.20. The minimum Gasteiger partial charge on any atom is -0.465 e. The monoisotopic (exact) mass is 476 g/mol. The van der Waals surface area contributed by atoms with Crippen molar-refractivity contribution in [2.24, 2.45) is 5.73 Å². The van der Waals surface area contributed by atoms with Crippen LogP contribution in [0.4, 0.5) is 4.79 Å². The smallest absolute Gasteiger partial charge is 0.338 e. The van der Waals surface area contributed by atoms with E-state index in [2.05, 4.69) is 15.2 Å². The van der Waals surface area contributed by atoms with Crippen LogP contribution in [0.1, 0.15) is 40.7 Å². The lowest BCUT2D eigenvalue weighted by molar-refractivity contribution is 0.0597. The number of likely N-dealkylation sites (tertiary alicyclic amines) is 1. The lowest BCUT2D eigenvalue weighted by atomic mass is 9.97. The number of nitrogens with one attached hydrogen (secondary N) is 2. The highest BCUT2D eigenvalue weighted by Gasteiger charge is 2.28. The fraction of sp³-hybridized carbons (Fsp3) is 0.385. The predicted molar refractivity (Wildman–Crippen MR) is 133 cm³/mol. The van der Waals surface area contributed by atoms with Crippen molar-refractivity contribution >= 4 is 17.7 Å². The van der Waals surface area contributed by atoms with Crippen LogP contribution in [0.5, 0.6) is 0 Å². The number of carbonyl (C=O) groups excluding carboxylic acids is 2. The standard InChI is InChI=1S/C26H32N6O3/c1-35-25(33)21-7-3-2-5-19(21)15-31-13-4-6-20(16-31)30-26(34)32-14-10-23(27)22(17-32)24(28)18-8-11-29-12-9-18/h2-3,5,7-9,11-12,20,28H,4,6,10,13-17,27H2,1H3,(H,30,34). The fourth-order valence-corrected chi connectivity index (χ4v) is 4.67. The summed E-state index contributed by atoms with van der Waals surface area (Å²) in [6.07, 6.45) is 5.68. The predicted octanol–water partition coefficient (Wildman–Crippen LogP) is 2.53. The second-order valence-electron chi connectivity index (χ2n) is 8.96. The average molecular weight is 477 g/mol. The second kappa shape index (κ2) is 11.1. The van der Waals surface area contributed by atoms with Crippen molar-refractivity contribution in [2.75, 3.05) is 33.3 Å². The quantitative estimate of drug-likeness (QED) is 0.435. The van der Waals surface area contributed by atoms with E-state index in [-0.39, 0.29) is 18.0 Å². The van der Waals surface area contributed by atoms with E-state index in [1.807, 2.05) is 18.2 Å². The molecule has 0 bridgehead atoms. The Hall–Kier alpha value is -3.72. The number of nitrogens with two attached hydrogens (primary N) is 1. The van der Waals surface area contributed by atoms with E-state index in [1.165, 1.54) is 7.11 Å². The first-order chi connectivity index (χ1) is 17.0. The molecule has 2 amide bonds. The van der Waals surface area contributed by atoms with Gasteiger partial charge in [0.05, 0.1) is 24.9 Å². The van der Waals surface area contributed by atoms with E-state index in [0.717, 1.165) is 30.5 Å². The Morgan fingerprint density at radius 1 is 1.20 bits per heavy atom. The van der Waals surface area contributed by atoms with Crippen molar-refractivity contribution in [1.29, 1.82) is 5.41 Å². The molecule has 9 nitrogen and oxygen atoms in total. The van der Waals surface area contributed by atoms with Gasteiger partial charge in [-0.15, -0.1) is 0 Å². The maximum Gasteiger partial charge on any atom is 0.338 e. The van der Waals surface area contributed by atoms with E-state index in [1.54, 1.807) is 35.5 Å². The molecule has 1 atom stereocenters. The highest BCUT2D eigenvalue weighted by molar-refractivity contribution is 6.11. The number of benzene rings is 1. The molecule has 4 N–H and O–H groups in total. The summed E-state index contributed by atoms with van der Waals surface area (Å²) in [5.74, 6) is -0.340. The number of rotatable bonds is 6. The first-order valence-electron chi connectivity index (χ1n) is 11.9. The molecular formula is C26H32N6O3. The van der Waals surface area contributed by atoms with Crippen LogP contribution in [0.15, 0.2) is 60.1 Å². The Balaban J connectivity index is 1.36. The number of methoxy groups -OCH3 is 1. The van der Waals surface area contributed by atoms with Crippen LogP contribution in [0, 0.1) is 5.41 Å². The van der Waals surface area contributed by atoms with Gasteiger partial charge in [-0.25, -0.2) is 9.59 Å². The van der Waals surface area contributed by atoms with Gasteiger partial charge in [-0.1, -0.05) is 18.2 Å². The molecule has 1 fully saturated rings. The van der Waals surface area contributed by atoms with Gasteiger partial charge in [0, 0.05) is 61.3 Å². The number of hydrogen-bond donors (Lipinski definition) is 3. The van der Waals surface area contributed by atoms with E-state index in [9.17, 15) is 9.59 Å². The lowest BCUT2D eigenvalue weighted by Crippen LogP contribution is -2.53. The first kappa shape index (κ1) is 24.4. The highest BCUT2D eigenvalue weighted by atomic mass is 16.5. The lowest BCUT2D eigenvalue weighted by Gasteiger charge is -2.36. The summed E-state index contributed by atoms with van der Waals surface area (Å²) in [4.78, 5) is 33.2. The van der Waals surface area contributed by atoms with Gasteiger partial charge in [0.25, 0.3) is 0 Å². The van der Waals surface area contributed by atoms with Crippen LogP contribution in [0.25, 0.3) is 0 Å². The van der Waals surface area contributed by atoms with Crippen LogP contribution in [-0.2, 0) is 11.3 Å². The van der Waals surface area contributed by atoms with Gasteiger partial charge in [0.1, 0.15) is 0 Å². The van der Waals surface area contributed by atoms with Crippen molar-refractivity contribution in [3.63, 3.8) is 0 Å². The summed E-state index contributed by atoms with van der Waals surface area (Å²) in [6.45, 7) is 3.05. The van der Waals surface area contributed by atoms with Gasteiger partial charge < -0.3 is 20.7 Å². The van der Waals surface area contributed by atoms with Crippen molar-refractivity contribution in [3.8, 4) is 0 Å². The molecule has 0 radical (unpaired) electrons. The normalized spacial score (nSPS) is 18.8. The summed E-state index contributed by atoms with van der Waals surface area (Å²) in [7, 11) is 1.39. The SMILES string of the molecule is COC(=O)c1ccccc1CN1CCCC(NC(=O)N2CCC(N)=C(C(=N)c3ccncc3)C2)C1. The van der Waals surface area contributed by atoms with E-state index < -0.39 is 0 Å². The largest absolute Gasteiger partial charge is 0.465 e. The van der Waals surface area contributed by atoms with Gasteiger partial charge in [0.15, 0.2) is 0 Å². The van der Waals surface area contributed by atoms with Crippen LogP contribution in [0.2, 0.25) is 0 Å². The molecule has 0 spiro atoms. The van der Waals surface area contributed by atoms with Crippen molar-refractivity contribution < 1.29 is 14.3 Å². The first-order valence-corrected chi connectivity index (χ1v) is 11.9. The fourth-order valence-electron chi connectivity index (χ4n) is 4.67. The molecule has 0 saturated carbocycles. The third kappa shape index (κ3) is 5.86. The maximum absolute atomic E-state index is 13.1. The number of pyridine rings is 1.